The molecule has 4 nitrogen and oxygen atoms in total. The molecule has 3 atom stereocenters. The first-order valence-electron chi connectivity index (χ1n) is 10.9. The van der Waals surface area contributed by atoms with Gasteiger partial charge in [0.05, 0.1) is 22.7 Å². The first kappa shape index (κ1) is 15.7. The van der Waals surface area contributed by atoms with Crippen molar-refractivity contribution in [2.24, 2.45) is 0 Å². The van der Waals surface area contributed by atoms with Gasteiger partial charge in [-0.3, -0.25) is 4.79 Å². The van der Waals surface area contributed by atoms with Gasteiger partial charge in [0.25, 0.3) is 5.91 Å². The molecule has 0 spiro atoms. The number of nitrogens with zero attached hydrogens (tertiary/aromatic N) is 1. The number of rotatable bonds is 0. The van der Waals surface area contributed by atoms with Gasteiger partial charge in [0, 0.05) is 28.8 Å². The molecule has 4 heterocycles. The van der Waals surface area contributed by atoms with Gasteiger partial charge in [-0.25, -0.2) is 0 Å². The zero-order valence-corrected chi connectivity index (χ0v) is 16.7. The second-order valence-corrected chi connectivity index (χ2v) is 9.21. The molecular formula is C26H20N2O2. The molecule has 1 fully saturated rings. The minimum absolute atomic E-state index is 0.0671. The van der Waals surface area contributed by atoms with Crippen molar-refractivity contribution in [3.8, 4) is 11.1 Å². The van der Waals surface area contributed by atoms with E-state index in [1.807, 2.05) is 0 Å². The van der Waals surface area contributed by atoms with Crippen molar-refractivity contribution in [3.63, 3.8) is 0 Å². The van der Waals surface area contributed by atoms with E-state index in [4.69, 9.17) is 4.74 Å². The molecule has 4 aromatic rings. The molecule has 3 aliphatic heterocycles. The summed E-state index contributed by atoms with van der Waals surface area (Å²) in [5.74, 6) is 0.268. The van der Waals surface area contributed by atoms with Crippen molar-refractivity contribution >= 4 is 27.7 Å². The summed E-state index contributed by atoms with van der Waals surface area (Å²) < 4.78 is 9.17. The number of benzene rings is 3. The van der Waals surface area contributed by atoms with E-state index in [-0.39, 0.29) is 24.2 Å². The van der Waals surface area contributed by atoms with E-state index >= 15 is 0 Å². The molecule has 0 unspecified atom stereocenters. The average Bonchev–Trinajstić information content (AvgIpc) is 3.46. The second-order valence-electron chi connectivity index (χ2n) is 9.21. The monoisotopic (exact) mass is 392 g/mol. The van der Waals surface area contributed by atoms with Crippen LogP contribution in [-0.2, 0) is 11.3 Å². The van der Waals surface area contributed by atoms with Gasteiger partial charge < -0.3 is 14.6 Å². The number of hydrogen-bond donors (Lipinski definition) is 1. The summed E-state index contributed by atoms with van der Waals surface area (Å²) in [5, 5.41) is 5.62. The van der Waals surface area contributed by atoms with Crippen LogP contribution < -0.4 is 5.32 Å². The molecule has 8 rings (SSSR count). The number of aryl methyl sites for hydroxylation is 1. The number of para-hydroxylation sites is 1. The first-order chi connectivity index (χ1) is 14.7. The summed E-state index contributed by atoms with van der Waals surface area (Å²) in [6.07, 6.45) is 2.34. The Morgan fingerprint density at radius 2 is 2.00 bits per heavy atom. The Kier molecular flexibility index (Phi) is 2.59. The molecule has 2 bridgehead atoms. The smallest absolute Gasteiger partial charge is 0.252 e. The molecule has 30 heavy (non-hydrogen) atoms. The SMILES string of the molecule is Cc1ccc2c(c1)[C@H]1c3c-2c2c(c4c5ccccc5n(c34)[C@@H]3CC[C@H]1O3)CNC2=O. The molecule has 3 aromatic carbocycles. The third-order valence-electron chi connectivity index (χ3n) is 7.75. The minimum atomic E-state index is 0.0671. The first-order valence-corrected chi connectivity index (χ1v) is 10.9. The number of amides is 1. The van der Waals surface area contributed by atoms with E-state index in [2.05, 4.69) is 59.3 Å². The van der Waals surface area contributed by atoms with Gasteiger partial charge in [-0.1, -0.05) is 42.0 Å². The van der Waals surface area contributed by atoms with E-state index in [9.17, 15) is 4.79 Å². The number of hydrogen-bond acceptors (Lipinski definition) is 2. The molecule has 4 aliphatic rings. The van der Waals surface area contributed by atoms with E-state index < -0.39 is 0 Å². The number of carbonyl (C=O) groups is 1. The van der Waals surface area contributed by atoms with Gasteiger partial charge in [0.15, 0.2) is 0 Å². The predicted molar refractivity (Wildman–Crippen MR) is 116 cm³/mol. The molecular weight excluding hydrogens is 372 g/mol. The molecule has 1 aromatic heterocycles. The maximum absolute atomic E-state index is 13.1. The third kappa shape index (κ3) is 1.58. The van der Waals surface area contributed by atoms with Crippen LogP contribution in [0.3, 0.4) is 0 Å². The Morgan fingerprint density at radius 1 is 1.10 bits per heavy atom. The van der Waals surface area contributed by atoms with Crippen molar-refractivity contribution in [1.29, 1.82) is 0 Å². The van der Waals surface area contributed by atoms with E-state index in [0.717, 1.165) is 29.5 Å². The third-order valence-corrected chi connectivity index (χ3v) is 7.75. The number of ether oxygens (including phenoxy) is 1. The summed E-state index contributed by atoms with van der Waals surface area (Å²) in [6, 6.07) is 15.4. The number of nitrogens with one attached hydrogen (secondary N) is 1. The van der Waals surface area contributed by atoms with Gasteiger partial charge in [-0.05, 0) is 48.1 Å². The maximum atomic E-state index is 13.1. The highest BCUT2D eigenvalue weighted by atomic mass is 16.5. The Bertz CT molecular complexity index is 1480. The molecule has 1 aliphatic carbocycles. The van der Waals surface area contributed by atoms with Crippen molar-refractivity contribution in [2.75, 3.05) is 0 Å². The summed E-state index contributed by atoms with van der Waals surface area (Å²) in [6.45, 7) is 2.76. The lowest BCUT2D eigenvalue weighted by Gasteiger charge is -2.20. The van der Waals surface area contributed by atoms with Crippen LogP contribution in [0, 0.1) is 6.92 Å². The van der Waals surface area contributed by atoms with Crippen LogP contribution >= 0.6 is 0 Å². The fourth-order valence-corrected chi connectivity index (χ4v) is 6.72. The Hall–Kier alpha value is -3.11. The van der Waals surface area contributed by atoms with Gasteiger partial charge in [-0.2, -0.15) is 0 Å². The fraction of sp³-hybridized carbons (Fsp3) is 0.269. The molecule has 0 radical (unpaired) electrons. The van der Waals surface area contributed by atoms with Crippen LogP contribution in [0.5, 0.6) is 0 Å². The summed E-state index contributed by atoms with van der Waals surface area (Å²) in [7, 11) is 0. The summed E-state index contributed by atoms with van der Waals surface area (Å²) in [5.41, 5.74) is 10.9. The van der Waals surface area contributed by atoms with E-state index in [1.165, 1.54) is 44.1 Å². The topological polar surface area (TPSA) is 43.3 Å². The zero-order chi connectivity index (χ0) is 19.7. The van der Waals surface area contributed by atoms with E-state index in [1.54, 1.807) is 0 Å². The van der Waals surface area contributed by atoms with Crippen molar-refractivity contribution in [3.05, 3.63) is 70.3 Å². The van der Waals surface area contributed by atoms with Crippen molar-refractivity contribution in [2.45, 2.75) is 44.6 Å². The minimum Gasteiger partial charge on any atom is -0.354 e. The normalized spacial score (nSPS) is 25.0. The lowest BCUT2D eigenvalue weighted by Crippen LogP contribution is -2.16. The van der Waals surface area contributed by atoms with Crippen LogP contribution in [0.4, 0.5) is 0 Å². The standard InChI is InChI=1S/C26H20N2O2/c1-12-6-7-13-15(10-12)21-18-8-9-19(30-18)28-17-5-3-2-4-14(17)20-16-11-27-26(29)23(16)22(13)24(21)25(20)28/h2-7,10,18-19,21H,8-9,11H2,1H3,(H,27,29)/t18-,19+,21-/m1/s1. The Balaban J connectivity index is 1.69. The summed E-state index contributed by atoms with van der Waals surface area (Å²) >= 11 is 0. The molecule has 0 saturated carbocycles. The van der Waals surface area contributed by atoms with Gasteiger partial charge in [0.2, 0.25) is 0 Å². The molecule has 4 heteroatoms. The highest BCUT2D eigenvalue weighted by molar-refractivity contribution is 6.20. The largest absolute Gasteiger partial charge is 0.354 e. The lowest BCUT2D eigenvalue weighted by molar-refractivity contribution is 0.00493. The summed E-state index contributed by atoms with van der Waals surface area (Å²) in [4.78, 5) is 13.1. The quantitative estimate of drug-likeness (QED) is 0.450. The van der Waals surface area contributed by atoms with Crippen LogP contribution in [0.2, 0.25) is 0 Å². The number of carbonyl (C=O) groups excluding carboxylic acids is 1. The molecule has 1 saturated heterocycles. The highest BCUT2D eigenvalue weighted by Crippen LogP contribution is 2.59. The van der Waals surface area contributed by atoms with Gasteiger partial charge in [-0.15, -0.1) is 0 Å². The number of fused-ring (bicyclic) bond motifs is 13. The fourth-order valence-electron chi connectivity index (χ4n) is 6.72. The Labute approximate surface area is 173 Å². The zero-order valence-electron chi connectivity index (χ0n) is 16.7. The van der Waals surface area contributed by atoms with Crippen molar-refractivity contribution < 1.29 is 9.53 Å². The van der Waals surface area contributed by atoms with E-state index in [0.29, 0.717) is 6.54 Å². The molecule has 1 amide bonds. The van der Waals surface area contributed by atoms with Crippen LogP contribution in [-0.4, -0.2) is 16.6 Å². The Morgan fingerprint density at radius 3 is 2.93 bits per heavy atom. The lowest BCUT2D eigenvalue weighted by atomic mass is 9.85. The number of aromatic nitrogens is 1. The molecule has 146 valence electrons. The predicted octanol–water partition coefficient (Wildman–Crippen LogP) is 5.15. The van der Waals surface area contributed by atoms with Crippen LogP contribution in [0.25, 0.3) is 32.9 Å². The van der Waals surface area contributed by atoms with Gasteiger partial charge in [0.1, 0.15) is 6.23 Å². The maximum Gasteiger partial charge on any atom is 0.252 e. The second kappa shape index (κ2) is 4.96. The average molecular weight is 392 g/mol. The van der Waals surface area contributed by atoms with Crippen molar-refractivity contribution in [1.82, 2.24) is 9.88 Å². The van der Waals surface area contributed by atoms with Gasteiger partial charge >= 0.3 is 0 Å². The highest BCUT2D eigenvalue weighted by Gasteiger charge is 2.48. The molecule has 1 N–H and O–H groups in total. The van der Waals surface area contributed by atoms with Crippen LogP contribution in [0.1, 0.15) is 57.6 Å². The van der Waals surface area contributed by atoms with Crippen LogP contribution in [0.15, 0.2) is 42.5 Å².